The summed E-state index contributed by atoms with van der Waals surface area (Å²) < 4.78 is 41.3. The number of halogens is 4. The number of pyridine rings is 1. The third kappa shape index (κ3) is 6.43. The lowest BCUT2D eigenvalue weighted by Gasteiger charge is -2.41. The van der Waals surface area contributed by atoms with Crippen LogP contribution in [0.15, 0.2) is 34.9 Å². The summed E-state index contributed by atoms with van der Waals surface area (Å²) in [6.45, 7) is 11.2. The zero-order valence-electron chi connectivity index (χ0n) is 25.2. The van der Waals surface area contributed by atoms with E-state index in [1.807, 2.05) is 4.90 Å². The Kier molecular flexibility index (Phi) is 9.41. The van der Waals surface area contributed by atoms with Crippen LogP contribution in [0.25, 0.3) is 0 Å². The van der Waals surface area contributed by atoms with E-state index < -0.39 is 17.2 Å². The van der Waals surface area contributed by atoms with Gasteiger partial charge in [-0.25, -0.2) is 0 Å². The van der Waals surface area contributed by atoms with Gasteiger partial charge >= 0.3 is 6.18 Å². The second kappa shape index (κ2) is 12.6. The van der Waals surface area contributed by atoms with Crippen LogP contribution in [-0.2, 0) is 30.4 Å². The van der Waals surface area contributed by atoms with Crippen LogP contribution in [0, 0.1) is 11.3 Å². The van der Waals surface area contributed by atoms with Gasteiger partial charge in [-0.3, -0.25) is 14.7 Å². The van der Waals surface area contributed by atoms with Crippen molar-refractivity contribution in [2.75, 3.05) is 19.6 Å². The van der Waals surface area contributed by atoms with E-state index in [-0.39, 0.29) is 24.4 Å². The molecule has 42 heavy (non-hydrogen) atoms. The van der Waals surface area contributed by atoms with Crippen LogP contribution in [0.1, 0.15) is 93.8 Å². The molecule has 1 saturated carbocycles. The Labute approximate surface area is 256 Å². The second-order valence-electron chi connectivity index (χ2n) is 13.1. The number of carbonyl (C=O) groups is 1. The monoisotopic (exact) mass is 648 g/mol. The molecule has 0 unspecified atom stereocenters. The molecular weight excluding hydrogens is 605 g/mol. The van der Waals surface area contributed by atoms with Gasteiger partial charge in [-0.1, -0.05) is 49.7 Å². The Bertz CT molecular complexity index is 1280. The van der Waals surface area contributed by atoms with Crippen molar-refractivity contribution in [3.8, 4) is 0 Å². The number of aromatic nitrogens is 1. The summed E-state index contributed by atoms with van der Waals surface area (Å²) in [7, 11) is 0. The number of benzene rings is 1. The molecule has 0 radical (unpaired) electrons. The molecule has 230 valence electrons. The molecule has 3 aliphatic rings. The van der Waals surface area contributed by atoms with Crippen molar-refractivity contribution in [1.29, 1.82) is 0 Å². The predicted octanol–water partition coefficient (Wildman–Crippen LogP) is 7.32. The number of aryl methyl sites for hydroxylation is 1. The number of nitrogens with zero attached hydrogens (tertiary/aromatic N) is 3. The molecule has 2 aliphatic carbocycles. The molecule has 1 N–H and O–H groups in total. The number of alkyl halides is 3. The Balaban J connectivity index is 1.37. The molecule has 3 atom stereocenters. The minimum Gasteiger partial charge on any atom is -0.337 e. The largest absolute Gasteiger partial charge is 0.417 e. The smallest absolute Gasteiger partial charge is 0.337 e. The van der Waals surface area contributed by atoms with E-state index in [4.69, 9.17) is 0 Å². The minimum atomic E-state index is -4.45. The molecule has 9 heteroatoms. The van der Waals surface area contributed by atoms with Gasteiger partial charge in [-0.15, -0.1) is 0 Å². The molecule has 1 aromatic carbocycles. The Morgan fingerprint density at radius 2 is 1.95 bits per heavy atom. The van der Waals surface area contributed by atoms with Crippen LogP contribution in [0.3, 0.4) is 0 Å². The van der Waals surface area contributed by atoms with E-state index in [2.05, 4.69) is 77.0 Å². The molecule has 1 amide bonds. The molecule has 0 saturated heterocycles. The summed E-state index contributed by atoms with van der Waals surface area (Å²) in [5, 5.41) is 3.56. The van der Waals surface area contributed by atoms with Gasteiger partial charge in [0.05, 0.1) is 11.0 Å². The van der Waals surface area contributed by atoms with Gasteiger partial charge in [0.15, 0.2) is 0 Å². The fraction of sp³-hybridized carbons (Fsp3) is 0.636. The number of hydrogen-bond acceptors (Lipinski definition) is 4. The quantitative estimate of drug-likeness (QED) is 0.290. The Morgan fingerprint density at radius 3 is 2.67 bits per heavy atom. The van der Waals surface area contributed by atoms with Crippen LogP contribution < -0.4 is 5.32 Å². The summed E-state index contributed by atoms with van der Waals surface area (Å²) in [6.07, 6.45) is 2.67. The number of rotatable bonds is 9. The fourth-order valence-corrected chi connectivity index (χ4v) is 7.93. The van der Waals surface area contributed by atoms with Crippen LogP contribution in [0.2, 0.25) is 0 Å². The molecule has 5 rings (SSSR count). The SMILES string of the molecule is CC(C)NCCCN([C@@H]1CC[C@@](C(=O)N2CCc3ncc(C(F)(F)F)cc3C2)(C(C)C)C1)[C@@H]1CCc2cc(Br)ccc21. The first kappa shape index (κ1) is 31.5. The zero-order chi connectivity index (χ0) is 30.2. The minimum absolute atomic E-state index is 0.0974. The number of carbonyl (C=O) groups excluding carboxylic acids is 1. The van der Waals surface area contributed by atoms with Gasteiger partial charge in [-0.2, -0.15) is 13.2 Å². The molecule has 0 spiro atoms. The van der Waals surface area contributed by atoms with Crippen molar-refractivity contribution < 1.29 is 18.0 Å². The van der Waals surface area contributed by atoms with Gasteiger partial charge in [0, 0.05) is 60.5 Å². The Morgan fingerprint density at radius 1 is 1.17 bits per heavy atom. The highest BCUT2D eigenvalue weighted by molar-refractivity contribution is 9.10. The Hall–Kier alpha value is -1.97. The topological polar surface area (TPSA) is 48.5 Å². The first-order valence-corrected chi connectivity index (χ1v) is 16.3. The van der Waals surface area contributed by atoms with E-state index in [1.165, 1.54) is 17.2 Å². The fourth-order valence-electron chi connectivity index (χ4n) is 7.52. The van der Waals surface area contributed by atoms with Gasteiger partial charge in [0.1, 0.15) is 0 Å². The maximum Gasteiger partial charge on any atom is 0.417 e. The maximum absolute atomic E-state index is 14.4. The average Bonchev–Trinajstić information content (AvgIpc) is 3.57. The molecule has 1 fully saturated rings. The average molecular weight is 650 g/mol. The van der Waals surface area contributed by atoms with Crippen molar-refractivity contribution in [1.82, 2.24) is 20.1 Å². The number of hydrogen-bond donors (Lipinski definition) is 1. The zero-order valence-corrected chi connectivity index (χ0v) is 26.8. The molecule has 0 bridgehead atoms. The highest BCUT2D eigenvalue weighted by atomic mass is 79.9. The predicted molar refractivity (Wildman–Crippen MR) is 163 cm³/mol. The first-order valence-electron chi connectivity index (χ1n) is 15.5. The van der Waals surface area contributed by atoms with E-state index in [9.17, 15) is 18.0 Å². The highest BCUT2D eigenvalue weighted by Gasteiger charge is 2.51. The molecule has 2 aromatic rings. The summed E-state index contributed by atoms with van der Waals surface area (Å²) in [5.41, 5.74) is 2.73. The molecule has 1 aliphatic heterocycles. The van der Waals surface area contributed by atoms with Gasteiger partial charge in [0.25, 0.3) is 0 Å². The van der Waals surface area contributed by atoms with Gasteiger partial charge < -0.3 is 10.2 Å². The number of amides is 1. The normalized spacial score (nSPS) is 24.1. The third-order valence-corrected chi connectivity index (χ3v) is 10.4. The lowest BCUT2D eigenvalue weighted by molar-refractivity contribution is -0.146. The van der Waals surface area contributed by atoms with E-state index in [0.29, 0.717) is 36.3 Å². The molecule has 2 heterocycles. The second-order valence-corrected chi connectivity index (χ2v) is 14.0. The molecule has 5 nitrogen and oxygen atoms in total. The van der Waals surface area contributed by atoms with Crippen LogP contribution in [-0.4, -0.2) is 52.4 Å². The standard InChI is InChI=1S/C33H44BrF3N4O/c1-21(2)32(31(42)40-15-11-29-24(20-40)16-25(19-39-29)33(35,36)37)12-10-27(18-32)41(14-5-13-38-22(3)4)30-9-6-23-17-26(34)7-8-28(23)30/h7-8,16-17,19,21-22,27,30,38H,5-6,9-15,18,20H2,1-4H3/t27-,30-,32+/m1/s1. The maximum atomic E-state index is 14.4. The number of nitrogens with one attached hydrogen (secondary N) is 1. The van der Waals surface area contributed by atoms with Crippen molar-refractivity contribution in [3.63, 3.8) is 0 Å². The van der Waals surface area contributed by atoms with Crippen LogP contribution in [0.5, 0.6) is 0 Å². The third-order valence-electron chi connectivity index (χ3n) is 9.87. The van der Waals surface area contributed by atoms with Gasteiger partial charge in [0.2, 0.25) is 5.91 Å². The molecular formula is C33H44BrF3N4O. The summed E-state index contributed by atoms with van der Waals surface area (Å²) in [4.78, 5) is 23.0. The van der Waals surface area contributed by atoms with Crippen LogP contribution >= 0.6 is 15.9 Å². The van der Waals surface area contributed by atoms with E-state index >= 15 is 0 Å². The lowest BCUT2D eigenvalue weighted by atomic mass is 9.73. The number of fused-ring (bicyclic) bond motifs is 2. The summed E-state index contributed by atoms with van der Waals surface area (Å²) in [6, 6.07) is 8.90. The van der Waals surface area contributed by atoms with Crippen molar-refractivity contribution >= 4 is 21.8 Å². The van der Waals surface area contributed by atoms with Crippen molar-refractivity contribution in [2.45, 2.75) is 103 Å². The summed E-state index contributed by atoms with van der Waals surface area (Å²) in [5.74, 6) is 0.229. The van der Waals surface area contributed by atoms with Crippen molar-refractivity contribution in [3.05, 3.63) is 62.9 Å². The van der Waals surface area contributed by atoms with Crippen LogP contribution in [0.4, 0.5) is 13.2 Å². The highest BCUT2D eigenvalue weighted by Crippen LogP contribution is 2.50. The van der Waals surface area contributed by atoms with Gasteiger partial charge in [-0.05, 0) is 85.9 Å². The van der Waals surface area contributed by atoms with E-state index in [0.717, 1.165) is 62.3 Å². The van der Waals surface area contributed by atoms with Crippen molar-refractivity contribution in [2.24, 2.45) is 11.3 Å². The summed E-state index contributed by atoms with van der Waals surface area (Å²) >= 11 is 3.64. The molecule has 1 aromatic heterocycles. The van der Waals surface area contributed by atoms with E-state index in [1.54, 1.807) is 0 Å². The first-order chi connectivity index (χ1) is 19.9. The lowest BCUT2D eigenvalue weighted by Crippen LogP contribution is -2.48.